The topological polar surface area (TPSA) is 62.4 Å². The van der Waals surface area contributed by atoms with Gasteiger partial charge in [0.1, 0.15) is 0 Å². The average Bonchev–Trinajstić information content (AvgIpc) is 2.99. The SMILES string of the molecule is O=C(Cc1ccc(Cl)cc1)NNC(=S)NC[C@H]1CCCO1. The molecule has 0 aliphatic carbocycles. The lowest BCUT2D eigenvalue weighted by Crippen LogP contribution is -2.48. The van der Waals surface area contributed by atoms with Crippen LogP contribution in [0.15, 0.2) is 24.3 Å². The van der Waals surface area contributed by atoms with E-state index in [9.17, 15) is 4.79 Å². The summed E-state index contributed by atoms with van der Waals surface area (Å²) >= 11 is 10.9. The van der Waals surface area contributed by atoms with Crippen molar-refractivity contribution >= 4 is 34.8 Å². The third-order valence-electron chi connectivity index (χ3n) is 3.11. The minimum atomic E-state index is -0.168. The van der Waals surface area contributed by atoms with Crippen LogP contribution in [0.2, 0.25) is 5.02 Å². The van der Waals surface area contributed by atoms with Gasteiger partial charge < -0.3 is 10.1 Å². The smallest absolute Gasteiger partial charge is 0.242 e. The number of ether oxygens (including phenoxy) is 1. The highest BCUT2D eigenvalue weighted by Gasteiger charge is 2.15. The predicted octanol–water partition coefficient (Wildman–Crippen LogP) is 1.56. The molecule has 114 valence electrons. The molecular formula is C14H18ClN3O2S. The highest BCUT2D eigenvalue weighted by Crippen LogP contribution is 2.10. The second-order valence-corrected chi connectivity index (χ2v) is 5.67. The highest BCUT2D eigenvalue weighted by molar-refractivity contribution is 7.80. The van der Waals surface area contributed by atoms with Crippen LogP contribution in [-0.4, -0.2) is 30.3 Å². The van der Waals surface area contributed by atoms with E-state index in [2.05, 4.69) is 16.2 Å². The molecule has 2 rings (SSSR count). The van der Waals surface area contributed by atoms with Crippen molar-refractivity contribution in [1.29, 1.82) is 0 Å². The molecule has 1 aromatic carbocycles. The minimum Gasteiger partial charge on any atom is -0.376 e. The van der Waals surface area contributed by atoms with E-state index in [4.69, 9.17) is 28.6 Å². The number of nitrogens with one attached hydrogen (secondary N) is 3. The van der Waals surface area contributed by atoms with Crippen molar-refractivity contribution in [3.63, 3.8) is 0 Å². The fourth-order valence-corrected chi connectivity index (χ4v) is 2.27. The van der Waals surface area contributed by atoms with E-state index in [0.717, 1.165) is 25.0 Å². The monoisotopic (exact) mass is 327 g/mol. The summed E-state index contributed by atoms with van der Waals surface area (Å²) in [6.07, 6.45) is 2.59. The molecule has 0 aromatic heterocycles. The Morgan fingerprint density at radius 3 is 2.76 bits per heavy atom. The molecule has 1 aliphatic heterocycles. The number of thiocarbonyl (C=S) groups is 1. The average molecular weight is 328 g/mol. The summed E-state index contributed by atoms with van der Waals surface area (Å²) in [4.78, 5) is 11.7. The molecule has 1 fully saturated rings. The Morgan fingerprint density at radius 1 is 1.33 bits per heavy atom. The first-order chi connectivity index (χ1) is 10.1. The second kappa shape index (κ2) is 8.17. The van der Waals surface area contributed by atoms with Gasteiger partial charge in [0.25, 0.3) is 0 Å². The Hall–Kier alpha value is -1.37. The Kier molecular flexibility index (Phi) is 6.22. The summed E-state index contributed by atoms with van der Waals surface area (Å²) in [6, 6.07) is 7.14. The lowest BCUT2D eigenvalue weighted by atomic mass is 10.1. The van der Waals surface area contributed by atoms with Gasteiger partial charge >= 0.3 is 0 Å². The number of carbonyl (C=O) groups excluding carboxylic acids is 1. The quantitative estimate of drug-likeness (QED) is 0.578. The number of benzene rings is 1. The van der Waals surface area contributed by atoms with Crippen LogP contribution in [0.25, 0.3) is 0 Å². The van der Waals surface area contributed by atoms with Crippen LogP contribution in [-0.2, 0) is 16.0 Å². The van der Waals surface area contributed by atoms with Gasteiger partial charge in [-0.15, -0.1) is 0 Å². The lowest BCUT2D eigenvalue weighted by molar-refractivity contribution is -0.121. The molecule has 1 atom stereocenters. The summed E-state index contributed by atoms with van der Waals surface area (Å²) in [7, 11) is 0. The van der Waals surface area contributed by atoms with Gasteiger partial charge in [-0.2, -0.15) is 0 Å². The maximum atomic E-state index is 11.7. The zero-order valence-corrected chi connectivity index (χ0v) is 13.1. The Bertz CT molecular complexity index is 489. The second-order valence-electron chi connectivity index (χ2n) is 4.82. The van der Waals surface area contributed by atoms with Crippen molar-refractivity contribution in [3.05, 3.63) is 34.9 Å². The van der Waals surface area contributed by atoms with Gasteiger partial charge in [-0.1, -0.05) is 23.7 Å². The summed E-state index contributed by atoms with van der Waals surface area (Å²) in [6.45, 7) is 1.46. The highest BCUT2D eigenvalue weighted by atomic mass is 35.5. The van der Waals surface area contributed by atoms with E-state index in [1.54, 1.807) is 12.1 Å². The van der Waals surface area contributed by atoms with Crippen molar-refractivity contribution in [2.75, 3.05) is 13.2 Å². The zero-order valence-electron chi connectivity index (χ0n) is 11.5. The van der Waals surface area contributed by atoms with Crippen LogP contribution >= 0.6 is 23.8 Å². The first-order valence-electron chi connectivity index (χ1n) is 6.82. The van der Waals surface area contributed by atoms with E-state index in [1.807, 2.05) is 12.1 Å². The van der Waals surface area contributed by atoms with Crippen LogP contribution < -0.4 is 16.2 Å². The van der Waals surface area contributed by atoms with Gasteiger partial charge in [0, 0.05) is 18.2 Å². The van der Waals surface area contributed by atoms with Gasteiger partial charge in [0.05, 0.1) is 12.5 Å². The number of hydrazine groups is 1. The maximum Gasteiger partial charge on any atom is 0.242 e. The molecule has 5 nitrogen and oxygen atoms in total. The minimum absolute atomic E-state index is 0.168. The molecule has 0 saturated carbocycles. The third kappa shape index (κ3) is 5.87. The molecule has 1 aliphatic rings. The van der Waals surface area contributed by atoms with Crippen LogP contribution in [0.4, 0.5) is 0 Å². The zero-order chi connectivity index (χ0) is 15.1. The Balaban J connectivity index is 1.63. The molecule has 1 aromatic rings. The molecule has 7 heteroatoms. The summed E-state index contributed by atoms with van der Waals surface area (Å²) in [5.41, 5.74) is 6.12. The molecule has 0 radical (unpaired) electrons. The number of rotatable bonds is 4. The van der Waals surface area contributed by atoms with Crippen molar-refractivity contribution in [1.82, 2.24) is 16.2 Å². The summed E-state index contributed by atoms with van der Waals surface area (Å²) in [5, 5.41) is 4.05. The number of hydrogen-bond donors (Lipinski definition) is 3. The van der Waals surface area contributed by atoms with Gasteiger partial charge in [-0.05, 0) is 42.8 Å². The van der Waals surface area contributed by atoms with E-state index in [1.165, 1.54) is 0 Å². The fourth-order valence-electron chi connectivity index (χ4n) is 2.01. The molecule has 21 heavy (non-hydrogen) atoms. The van der Waals surface area contributed by atoms with Gasteiger partial charge in [-0.25, -0.2) is 0 Å². The van der Waals surface area contributed by atoms with Crippen LogP contribution in [0.3, 0.4) is 0 Å². The van der Waals surface area contributed by atoms with Crippen LogP contribution in [0.1, 0.15) is 18.4 Å². The molecule has 1 saturated heterocycles. The van der Waals surface area contributed by atoms with Crippen molar-refractivity contribution in [3.8, 4) is 0 Å². The standard InChI is InChI=1S/C14H18ClN3O2S/c15-11-5-3-10(4-6-11)8-13(19)17-18-14(21)16-9-12-2-1-7-20-12/h3-6,12H,1-2,7-9H2,(H,17,19)(H2,16,18,21)/t12-/m1/s1. The van der Waals surface area contributed by atoms with Gasteiger partial charge in [0.2, 0.25) is 5.91 Å². The normalized spacial score (nSPS) is 17.3. The van der Waals surface area contributed by atoms with Crippen LogP contribution in [0, 0.1) is 0 Å². The molecule has 0 unspecified atom stereocenters. The number of carbonyl (C=O) groups is 1. The molecule has 1 heterocycles. The summed E-state index contributed by atoms with van der Waals surface area (Å²) < 4.78 is 5.47. The fraction of sp³-hybridized carbons (Fsp3) is 0.429. The first kappa shape index (κ1) is 16.0. The summed E-state index contributed by atoms with van der Waals surface area (Å²) in [5.74, 6) is -0.168. The van der Waals surface area contributed by atoms with E-state index < -0.39 is 0 Å². The van der Waals surface area contributed by atoms with Crippen molar-refractivity contribution < 1.29 is 9.53 Å². The van der Waals surface area contributed by atoms with Crippen molar-refractivity contribution in [2.24, 2.45) is 0 Å². The van der Waals surface area contributed by atoms with Crippen LogP contribution in [0.5, 0.6) is 0 Å². The maximum absolute atomic E-state index is 11.7. The molecular weight excluding hydrogens is 310 g/mol. The largest absolute Gasteiger partial charge is 0.376 e. The molecule has 1 amide bonds. The third-order valence-corrected chi connectivity index (χ3v) is 3.61. The number of amides is 1. The van der Waals surface area contributed by atoms with E-state index in [0.29, 0.717) is 16.7 Å². The van der Waals surface area contributed by atoms with Gasteiger partial charge in [0.15, 0.2) is 5.11 Å². The van der Waals surface area contributed by atoms with Crippen molar-refractivity contribution in [2.45, 2.75) is 25.4 Å². The lowest BCUT2D eigenvalue weighted by Gasteiger charge is -2.14. The number of halogens is 1. The van der Waals surface area contributed by atoms with E-state index in [-0.39, 0.29) is 18.4 Å². The molecule has 0 bridgehead atoms. The Labute approximate surface area is 134 Å². The van der Waals surface area contributed by atoms with Gasteiger partial charge in [-0.3, -0.25) is 15.6 Å². The van der Waals surface area contributed by atoms with E-state index >= 15 is 0 Å². The molecule has 3 N–H and O–H groups in total. The first-order valence-corrected chi connectivity index (χ1v) is 7.61. The number of hydrogen-bond acceptors (Lipinski definition) is 3. The Morgan fingerprint density at radius 2 is 2.10 bits per heavy atom. The predicted molar refractivity (Wildman–Crippen MR) is 86.0 cm³/mol. The molecule has 0 spiro atoms.